The number of hydrogen-bond donors (Lipinski definition) is 1. The van der Waals surface area contributed by atoms with Crippen LogP contribution in [0.3, 0.4) is 0 Å². The Labute approximate surface area is 237 Å². The van der Waals surface area contributed by atoms with E-state index < -0.39 is 11.0 Å². The molecular weight excluding hydrogens is 528 g/mol. The molecule has 1 aliphatic rings. The Bertz CT molecular complexity index is 1510. The van der Waals surface area contributed by atoms with Crippen molar-refractivity contribution < 1.29 is 14.5 Å². The lowest BCUT2D eigenvalue weighted by Gasteiger charge is -2.39. The zero-order valence-electron chi connectivity index (χ0n) is 21.6. The summed E-state index contributed by atoms with van der Waals surface area (Å²) in [6.07, 6.45) is 0. The van der Waals surface area contributed by atoms with Gasteiger partial charge in [-0.1, -0.05) is 72.3 Å². The molecule has 202 valence electrons. The van der Waals surface area contributed by atoms with Crippen LogP contribution < -0.4 is 10.2 Å². The average Bonchev–Trinajstić information content (AvgIpc) is 2.99. The summed E-state index contributed by atoms with van der Waals surface area (Å²) in [5, 5.41) is 14.4. The van der Waals surface area contributed by atoms with Gasteiger partial charge in [-0.25, -0.2) is 0 Å². The van der Waals surface area contributed by atoms with Crippen LogP contribution in [0.4, 0.5) is 17.1 Å². The first kappa shape index (κ1) is 27.1. The fraction of sp³-hybridized carbons (Fsp3) is 0.161. The van der Waals surface area contributed by atoms with E-state index >= 15 is 0 Å². The quantitative estimate of drug-likeness (QED) is 0.163. The monoisotopic (exact) mass is 554 g/mol. The summed E-state index contributed by atoms with van der Waals surface area (Å²) in [6, 6.07) is 29.2. The van der Waals surface area contributed by atoms with Crippen LogP contribution in [0.1, 0.15) is 27.5 Å². The molecule has 1 fully saturated rings. The van der Waals surface area contributed by atoms with E-state index in [-0.39, 0.29) is 17.4 Å². The Morgan fingerprint density at radius 2 is 1.45 bits per heavy atom. The zero-order valence-corrected chi connectivity index (χ0v) is 22.3. The molecule has 40 heavy (non-hydrogen) atoms. The number of piperazine rings is 1. The number of ketones is 1. The molecule has 1 aliphatic heterocycles. The van der Waals surface area contributed by atoms with Crippen LogP contribution >= 0.6 is 11.6 Å². The van der Waals surface area contributed by atoms with E-state index in [0.29, 0.717) is 48.0 Å². The summed E-state index contributed by atoms with van der Waals surface area (Å²) in [5.41, 5.74) is 3.01. The van der Waals surface area contributed by atoms with Gasteiger partial charge in [0.25, 0.3) is 5.69 Å². The standard InChI is InChI=1S/C31H27ClN4O4/c32-24-11-16-28(27(21-24)30(37)23-9-5-2-6-10-23)33-31(38)29(22-7-3-1-4-8-22)35-19-17-34(18-20-35)25-12-14-26(15-13-25)36(39)40/h1-16,21,29H,17-20H2,(H,33,38). The number of carbonyl (C=O) groups excluding carboxylic acids is 2. The topological polar surface area (TPSA) is 95.8 Å². The number of rotatable bonds is 8. The average molecular weight is 555 g/mol. The Kier molecular flexibility index (Phi) is 8.19. The van der Waals surface area contributed by atoms with Crippen LogP contribution in [0, 0.1) is 10.1 Å². The molecule has 0 bridgehead atoms. The van der Waals surface area contributed by atoms with Gasteiger partial charge in [0, 0.05) is 60.1 Å². The van der Waals surface area contributed by atoms with Crippen LogP contribution in [0.5, 0.6) is 0 Å². The predicted molar refractivity (Wildman–Crippen MR) is 156 cm³/mol. The highest BCUT2D eigenvalue weighted by Gasteiger charge is 2.31. The fourth-order valence-electron chi connectivity index (χ4n) is 4.95. The highest BCUT2D eigenvalue weighted by atomic mass is 35.5. The number of benzene rings is 4. The van der Waals surface area contributed by atoms with Gasteiger partial charge in [-0.2, -0.15) is 0 Å². The molecule has 8 nitrogen and oxygen atoms in total. The molecule has 1 atom stereocenters. The SMILES string of the molecule is O=C(c1ccccc1)c1cc(Cl)ccc1NC(=O)C(c1ccccc1)N1CCN(c2ccc([N+](=O)[O-])cc2)CC1. The Morgan fingerprint density at radius 3 is 2.08 bits per heavy atom. The molecule has 5 rings (SSSR count). The smallest absolute Gasteiger partial charge is 0.269 e. The van der Waals surface area contributed by atoms with Gasteiger partial charge >= 0.3 is 0 Å². The van der Waals surface area contributed by atoms with Gasteiger partial charge in [-0.15, -0.1) is 0 Å². The number of non-ortho nitro benzene ring substituents is 1. The van der Waals surface area contributed by atoms with Gasteiger partial charge in [0.1, 0.15) is 6.04 Å². The third-order valence-electron chi connectivity index (χ3n) is 6.99. The third-order valence-corrected chi connectivity index (χ3v) is 7.22. The van der Waals surface area contributed by atoms with E-state index in [1.807, 2.05) is 36.4 Å². The number of halogens is 1. The van der Waals surface area contributed by atoms with Crippen LogP contribution in [-0.4, -0.2) is 47.7 Å². The minimum Gasteiger partial charge on any atom is -0.369 e. The van der Waals surface area contributed by atoms with Crippen LogP contribution in [0.15, 0.2) is 103 Å². The van der Waals surface area contributed by atoms with E-state index in [4.69, 9.17) is 11.6 Å². The molecule has 1 unspecified atom stereocenters. The summed E-state index contributed by atoms with van der Waals surface area (Å²) in [4.78, 5) is 42.0. The van der Waals surface area contributed by atoms with E-state index in [1.165, 1.54) is 12.1 Å². The molecule has 0 radical (unpaired) electrons. The molecule has 1 heterocycles. The molecule has 1 N–H and O–H groups in total. The number of amides is 1. The second kappa shape index (κ2) is 12.1. The van der Waals surface area contributed by atoms with Gasteiger partial charge in [0.2, 0.25) is 5.91 Å². The van der Waals surface area contributed by atoms with E-state index in [0.717, 1.165) is 11.3 Å². The molecule has 1 amide bonds. The van der Waals surface area contributed by atoms with Crippen LogP contribution in [0.25, 0.3) is 0 Å². The largest absolute Gasteiger partial charge is 0.369 e. The highest BCUT2D eigenvalue weighted by molar-refractivity contribution is 6.31. The Balaban J connectivity index is 1.37. The van der Waals surface area contributed by atoms with Crippen molar-refractivity contribution in [1.82, 2.24) is 4.90 Å². The van der Waals surface area contributed by atoms with E-state index in [2.05, 4.69) is 15.1 Å². The summed E-state index contributed by atoms with van der Waals surface area (Å²) >= 11 is 6.24. The Morgan fingerprint density at radius 1 is 0.825 bits per heavy atom. The van der Waals surface area contributed by atoms with Gasteiger partial charge in [0.05, 0.1) is 10.6 Å². The zero-order chi connectivity index (χ0) is 28.1. The molecular formula is C31H27ClN4O4. The number of carbonyl (C=O) groups is 2. The molecule has 0 saturated carbocycles. The lowest BCUT2D eigenvalue weighted by molar-refractivity contribution is -0.384. The second-order valence-corrected chi connectivity index (χ2v) is 9.92. The lowest BCUT2D eigenvalue weighted by atomic mass is 10.00. The molecule has 9 heteroatoms. The summed E-state index contributed by atoms with van der Waals surface area (Å²) in [6.45, 7) is 2.49. The minimum atomic E-state index is -0.587. The molecule has 4 aromatic carbocycles. The number of nitro benzene ring substituents is 1. The summed E-state index contributed by atoms with van der Waals surface area (Å²) < 4.78 is 0. The van der Waals surface area contributed by atoms with Crippen molar-refractivity contribution in [3.8, 4) is 0 Å². The van der Waals surface area contributed by atoms with Crippen molar-refractivity contribution in [2.24, 2.45) is 0 Å². The third kappa shape index (κ3) is 6.03. The number of hydrogen-bond acceptors (Lipinski definition) is 6. The van der Waals surface area contributed by atoms with Crippen molar-refractivity contribution in [3.05, 3.63) is 135 Å². The van der Waals surface area contributed by atoms with Gasteiger partial charge < -0.3 is 10.2 Å². The number of nitrogens with zero attached hydrogens (tertiary/aromatic N) is 3. The first-order valence-electron chi connectivity index (χ1n) is 12.9. The molecule has 0 aliphatic carbocycles. The number of nitrogens with one attached hydrogen (secondary N) is 1. The molecule has 0 spiro atoms. The van der Waals surface area contributed by atoms with E-state index in [9.17, 15) is 19.7 Å². The number of nitro groups is 1. The van der Waals surface area contributed by atoms with Gasteiger partial charge in [-0.05, 0) is 35.9 Å². The van der Waals surface area contributed by atoms with Crippen molar-refractivity contribution >= 4 is 40.4 Å². The first-order valence-corrected chi connectivity index (χ1v) is 13.3. The van der Waals surface area contributed by atoms with Crippen molar-refractivity contribution in [1.29, 1.82) is 0 Å². The maximum Gasteiger partial charge on any atom is 0.269 e. The van der Waals surface area contributed by atoms with Crippen molar-refractivity contribution in [2.75, 3.05) is 36.4 Å². The Hall–Kier alpha value is -4.53. The first-order chi connectivity index (χ1) is 19.4. The fourth-order valence-corrected chi connectivity index (χ4v) is 5.12. The van der Waals surface area contributed by atoms with Gasteiger partial charge in [0.15, 0.2) is 5.78 Å². The molecule has 4 aromatic rings. The van der Waals surface area contributed by atoms with Gasteiger partial charge in [-0.3, -0.25) is 24.6 Å². The molecule has 0 aromatic heterocycles. The number of anilines is 2. The van der Waals surface area contributed by atoms with Crippen LogP contribution in [0.2, 0.25) is 5.02 Å². The minimum absolute atomic E-state index is 0.0514. The summed E-state index contributed by atoms with van der Waals surface area (Å²) in [7, 11) is 0. The normalized spacial score (nSPS) is 14.4. The van der Waals surface area contributed by atoms with E-state index in [1.54, 1.807) is 54.6 Å². The molecule has 1 saturated heterocycles. The maximum absolute atomic E-state index is 13.9. The van der Waals surface area contributed by atoms with Crippen molar-refractivity contribution in [2.45, 2.75) is 6.04 Å². The lowest BCUT2D eigenvalue weighted by Crippen LogP contribution is -2.50. The highest BCUT2D eigenvalue weighted by Crippen LogP contribution is 2.29. The maximum atomic E-state index is 13.9. The second-order valence-electron chi connectivity index (χ2n) is 9.48. The predicted octanol–water partition coefficient (Wildman–Crippen LogP) is 5.98. The van der Waals surface area contributed by atoms with Crippen molar-refractivity contribution in [3.63, 3.8) is 0 Å². The van der Waals surface area contributed by atoms with Crippen LogP contribution in [-0.2, 0) is 4.79 Å². The summed E-state index contributed by atoms with van der Waals surface area (Å²) in [5.74, 6) is -0.481.